The van der Waals surface area contributed by atoms with Gasteiger partial charge in [0.05, 0.1) is 0 Å². The van der Waals surface area contributed by atoms with Crippen molar-refractivity contribution in [2.45, 2.75) is 92.9 Å². The Hall–Kier alpha value is -0.860. The Kier molecular flexibility index (Phi) is 8.84. The Morgan fingerprint density at radius 3 is 1.29 bits per heavy atom. The third-order valence-electron chi connectivity index (χ3n) is 3.34. The van der Waals surface area contributed by atoms with Crippen molar-refractivity contribution in [1.29, 1.82) is 0 Å². The summed E-state index contributed by atoms with van der Waals surface area (Å²) in [6.07, 6.45) is 6.47. The molecule has 0 aromatic rings. The molecular formula is C18H34O3. The highest BCUT2D eigenvalue weighted by atomic mass is 16.6. The van der Waals surface area contributed by atoms with E-state index in [0.29, 0.717) is 23.7 Å². The predicted molar refractivity (Wildman–Crippen MR) is 86.9 cm³/mol. The van der Waals surface area contributed by atoms with Crippen molar-refractivity contribution in [2.24, 2.45) is 10.8 Å². The van der Waals surface area contributed by atoms with Crippen LogP contribution in [-0.2, 0) is 14.3 Å². The average Bonchev–Trinajstić information content (AvgIpc) is 2.28. The fourth-order valence-corrected chi connectivity index (χ4v) is 2.08. The quantitative estimate of drug-likeness (QED) is 0.348. The van der Waals surface area contributed by atoms with Crippen LogP contribution in [0.4, 0.5) is 0 Å². The van der Waals surface area contributed by atoms with E-state index in [2.05, 4.69) is 41.5 Å². The largest absolute Gasteiger partial charge is 0.393 e. The van der Waals surface area contributed by atoms with Gasteiger partial charge in [-0.3, -0.25) is 9.59 Å². The zero-order chi connectivity index (χ0) is 16.5. The van der Waals surface area contributed by atoms with Crippen molar-refractivity contribution < 1.29 is 14.3 Å². The van der Waals surface area contributed by atoms with E-state index in [1.807, 2.05) is 0 Å². The number of hydrogen-bond acceptors (Lipinski definition) is 3. The lowest BCUT2D eigenvalue weighted by Crippen LogP contribution is -2.13. The van der Waals surface area contributed by atoms with Crippen LogP contribution < -0.4 is 0 Å². The average molecular weight is 298 g/mol. The number of esters is 2. The first-order valence-corrected chi connectivity index (χ1v) is 8.23. The van der Waals surface area contributed by atoms with Gasteiger partial charge in [-0.2, -0.15) is 0 Å². The first-order chi connectivity index (χ1) is 9.49. The number of carbonyl (C=O) groups excluding carboxylic acids is 2. The van der Waals surface area contributed by atoms with Crippen LogP contribution in [0.1, 0.15) is 92.9 Å². The molecule has 0 aliphatic rings. The summed E-state index contributed by atoms with van der Waals surface area (Å²) in [6, 6.07) is 0. The second kappa shape index (κ2) is 9.22. The summed E-state index contributed by atoms with van der Waals surface area (Å²) in [5, 5.41) is 0. The van der Waals surface area contributed by atoms with Crippen molar-refractivity contribution in [1.82, 2.24) is 0 Å². The summed E-state index contributed by atoms with van der Waals surface area (Å²) in [4.78, 5) is 23.1. The van der Waals surface area contributed by atoms with Gasteiger partial charge in [-0.15, -0.1) is 0 Å². The highest BCUT2D eigenvalue weighted by molar-refractivity contribution is 5.85. The minimum atomic E-state index is -0.371. The maximum Gasteiger partial charge on any atom is 0.313 e. The predicted octanol–water partition coefficient (Wildman–Crippen LogP) is 5.27. The molecule has 0 atom stereocenters. The van der Waals surface area contributed by atoms with Crippen LogP contribution in [-0.4, -0.2) is 11.9 Å². The molecule has 0 rings (SSSR count). The van der Waals surface area contributed by atoms with Gasteiger partial charge in [0.2, 0.25) is 0 Å². The van der Waals surface area contributed by atoms with E-state index in [1.165, 1.54) is 0 Å². The molecule has 0 spiro atoms. The van der Waals surface area contributed by atoms with Crippen LogP contribution in [0, 0.1) is 10.8 Å². The fourth-order valence-electron chi connectivity index (χ4n) is 2.08. The van der Waals surface area contributed by atoms with Crippen molar-refractivity contribution in [3.8, 4) is 0 Å². The topological polar surface area (TPSA) is 43.4 Å². The van der Waals surface area contributed by atoms with E-state index >= 15 is 0 Å². The molecule has 0 radical (unpaired) electrons. The standard InChI is InChI=1S/C18H34O3/c1-17(2,3)13-9-7-11-15(19)21-16(20)12-8-10-14-18(4,5)6/h7-14H2,1-6H3. The van der Waals surface area contributed by atoms with Crippen LogP contribution in [0.25, 0.3) is 0 Å². The van der Waals surface area contributed by atoms with E-state index in [4.69, 9.17) is 4.74 Å². The first-order valence-electron chi connectivity index (χ1n) is 8.23. The van der Waals surface area contributed by atoms with Crippen molar-refractivity contribution in [2.75, 3.05) is 0 Å². The van der Waals surface area contributed by atoms with Gasteiger partial charge >= 0.3 is 11.9 Å². The third-order valence-corrected chi connectivity index (χ3v) is 3.34. The van der Waals surface area contributed by atoms with Gasteiger partial charge in [-0.1, -0.05) is 54.4 Å². The summed E-state index contributed by atoms with van der Waals surface area (Å²) in [6.45, 7) is 13.1. The summed E-state index contributed by atoms with van der Waals surface area (Å²) < 4.78 is 4.84. The molecule has 0 aliphatic carbocycles. The summed E-state index contributed by atoms with van der Waals surface area (Å²) in [7, 11) is 0. The maximum atomic E-state index is 11.5. The van der Waals surface area contributed by atoms with Gasteiger partial charge in [0.15, 0.2) is 0 Å². The summed E-state index contributed by atoms with van der Waals surface area (Å²) in [5.41, 5.74) is 0.597. The zero-order valence-corrected chi connectivity index (χ0v) is 14.9. The minimum Gasteiger partial charge on any atom is -0.393 e. The van der Waals surface area contributed by atoms with E-state index in [0.717, 1.165) is 38.5 Å². The molecule has 0 aromatic heterocycles. The van der Waals surface area contributed by atoms with Crippen LogP contribution >= 0.6 is 0 Å². The van der Waals surface area contributed by atoms with Crippen molar-refractivity contribution in [3.05, 3.63) is 0 Å². The van der Waals surface area contributed by atoms with Gasteiger partial charge in [0.1, 0.15) is 0 Å². The Bertz CT molecular complexity index is 286. The van der Waals surface area contributed by atoms with Gasteiger partial charge < -0.3 is 4.74 Å². The smallest absolute Gasteiger partial charge is 0.313 e. The molecular weight excluding hydrogens is 264 g/mol. The monoisotopic (exact) mass is 298 g/mol. The highest BCUT2D eigenvalue weighted by Gasteiger charge is 2.14. The van der Waals surface area contributed by atoms with Crippen LogP contribution in [0.15, 0.2) is 0 Å². The Balaban J connectivity index is 3.64. The lowest BCUT2D eigenvalue weighted by molar-refractivity contribution is -0.159. The fraction of sp³-hybridized carbons (Fsp3) is 0.889. The normalized spacial score (nSPS) is 12.3. The lowest BCUT2D eigenvalue weighted by Gasteiger charge is -2.17. The molecule has 0 unspecified atom stereocenters. The minimum absolute atomic E-state index is 0.298. The summed E-state index contributed by atoms with van der Waals surface area (Å²) >= 11 is 0. The molecule has 3 nitrogen and oxygen atoms in total. The molecule has 3 heteroatoms. The maximum absolute atomic E-state index is 11.5. The van der Waals surface area contributed by atoms with Crippen LogP contribution in [0.3, 0.4) is 0 Å². The molecule has 0 heterocycles. The van der Waals surface area contributed by atoms with Gasteiger partial charge in [-0.25, -0.2) is 0 Å². The summed E-state index contributed by atoms with van der Waals surface area (Å²) in [5.74, 6) is -0.741. The van der Waals surface area contributed by atoms with E-state index < -0.39 is 0 Å². The molecule has 0 aromatic carbocycles. The van der Waals surface area contributed by atoms with Crippen LogP contribution in [0.2, 0.25) is 0 Å². The zero-order valence-electron chi connectivity index (χ0n) is 14.9. The number of hydrogen-bond donors (Lipinski definition) is 0. The molecule has 21 heavy (non-hydrogen) atoms. The van der Waals surface area contributed by atoms with E-state index in [1.54, 1.807) is 0 Å². The van der Waals surface area contributed by atoms with Gasteiger partial charge in [-0.05, 0) is 36.5 Å². The number of carbonyl (C=O) groups is 2. The number of rotatable bonds is 8. The second-order valence-electron chi connectivity index (χ2n) is 8.38. The van der Waals surface area contributed by atoms with E-state index in [-0.39, 0.29) is 11.9 Å². The third kappa shape index (κ3) is 15.3. The first kappa shape index (κ1) is 20.1. The van der Waals surface area contributed by atoms with E-state index in [9.17, 15) is 9.59 Å². The van der Waals surface area contributed by atoms with Crippen molar-refractivity contribution >= 4 is 11.9 Å². The number of unbranched alkanes of at least 4 members (excludes halogenated alkanes) is 2. The molecule has 0 amide bonds. The molecule has 0 bridgehead atoms. The van der Waals surface area contributed by atoms with Gasteiger partial charge in [0, 0.05) is 12.8 Å². The molecule has 0 N–H and O–H groups in total. The van der Waals surface area contributed by atoms with Crippen molar-refractivity contribution in [3.63, 3.8) is 0 Å². The SMILES string of the molecule is CC(C)(C)CCCCC(=O)OC(=O)CCCCC(C)(C)C. The lowest BCUT2D eigenvalue weighted by atomic mass is 9.89. The molecule has 0 saturated heterocycles. The second-order valence-corrected chi connectivity index (χ2v) is 8.38. The molecule has 124 valence electrons. The Labute approximate surface area is 130 Å². The molecule has 0 aliphatic heterocycles. The Morgan fingerprint density at radius 1 is 0.667 bits per heavy atom. The molecule has 0 saturated carbocycles. The Morgan fingerprint density at radius 2 is 1.00 bits per heavy atom. The van der Waals surface area contributed by atoms with Crippen LogP contribution in [0.5, 0.6) is 0 Å². The molecule has 0 fully saturated rings. The van der Waals surface area contributed by atoms with Gasteiger partial charge in [0.25, 0.3) is 0 Å². The highest BCUT2D eigenvalue weighted by Crippen LogP contribution is 2.23. The number of ether oxygens (including phenoxy) is 1.